The number of ether oxygens (including phenoxy) is 3. The Bertz CT molecular complexity index is 263. The van der Waals surface area contributed by atoms with Crippen LogP contribution in [0.4, 0.5) is 0 Å². The Balaban J connectivity index is 2.02. The summed E-state index contributed by atoms with van der Waals surface area (Å²) in [6.45, 7) is 3.47. The molecule has 1 saturated carbocycles. The molecule has 0 aromatic heterocycles. The molecule has 0 unspecified atom stereocenters. The first kappa shape index (κ1) is 11.8. The molecule has 1 aliphatic carbocycles. The molecule has 1 spiro atoms. The molecule has 2 fully saturated rings. The van der Waals surface area contributed by atoms with E-state index in [2.05, 4.69) is 5.73 Å². The first-order valence-corrected chi connectivity index (χ1v) is 5.94. The lowest BCUT2D eigenvalue weighted by Gasteiger charge is -2.36. The monoisotopic (exact) mass is 230 g/mol. The molecule has 0 aromatic rings. The van der Waals surface area contributed by atoms with Gasteiger partial charge in [-0.2, -0.15) is 0 Å². The van der Waals surface area contributed by atoms with E-state index in [4.69, 9.17) is 14.2 Å². The number of quaternary nitrogens is 1. The van der Waals surface area contributed by atoms with E-state index in [1.54, 1.807) is 0 Å². The van der Waals surface area contributed by atoms with Crippen LogP contribution in [-0.2, 0) is 19.0 Å². The fourth-order valence-electron chi connectivity index (χ4n) is 2.49. The van der Waals surface area contributed by atoms with Gasteiger partial charge < -0.3 is 19.9 Å². The molecule has 2 atom stereocenters. The third-order valence-electron chi connectivity index (χ3n) is 3.40. The largest absolute Gasteiger partial charge is 0.466 e. The van der Waals surface area contributed by atoms with Crippen molar-refractivity contribution >= 4 is 5.97 Å². The van der Waals surface area contributed by atoms with Crippen molar-refractivity contribution in [1.29, 1.82) is 0 Å². The highest BCUT2D eigenvalue weighted by Gasteiger charge is 2.48. The molecule has 0 aromatic carbocycles. The zero-order valence-electron chi connectivity index (χ0n) is 9.74. The zero-order chi connectivity index (χ0) is 11.6. The zero-order valence-corrected chi connectivity index (χ0v) is 9.74. The van der Waals surface area contributed by atoms with Gasteiger partial charge >= 0.3 is 5.97 Å². The van der Waals surface area contributed by atoms with Crippen LogP contribution in [-0.4, -0.2) is 37.6 Å². The summed E-state index contributed by atoms with van der Waals surface area (Å²) in [5.74, 6) is -0.890. The van der Waals surface area contributed by atoms with Gasteiger partial charge in [0.25, 0.3) is 0 Å². The van der Waals surface area contributed by atoms with Gasteiger partial charge in [-0.1, -0.05) is 0 Å². The van der Waals surface area contributed by atoms with Crippen LogP contribution in [0.3, 0.4) is 0 Å². The van der Waals surface area contributed by atoms with Crippen LogP contribution in [0.15, 0.2) is 0 Å². The topological polar surface area (TPSA) is 72.4 Å². The Hall–Kier alpha value is -0.650. The van der Waals surface area contributed by atoms with E-state index >= 15 is 0 Å². The minimum Gasteiger partial charge on any atom is -0.466 e. The minimum absolute atomic E-state index is 0.109. The molecule has 0 bridgehead atoms. The van der Waals surface area contributed by atoms with Crippen molar-refractivity contribution in [2.75, 3.05) is 19.8 Å². The first-order chi connectivity index (χ1) is 7.67. The summed E-state index contributed by atoms with van der Waals surface area (Å²) in [6, 6.07) is 0.109. The second-order valence-electron chi connectivity index (χ2n) is 4.47. The van der Waals surface area contributed by atoms with Crippen molar-refractivity contribution in [1.82, 2.24) is 0 Å². The normalized spacial score (nSPS) is 32.9. The van der Waals surface area contributed by atoms with Gasteiger partial charge in [-0.3, -0.25) is 4.79 Å². The number of hydrogen-bond donors (Lipinski definition) is 1. The molecule has 0 radical (unpaired) electrons. The van der Waals surface area contributed by atoms with Gasteiger partial charge in [-0.25, -0.2) is 0 Å². The quantitative estimate of drug-likeness (QED) is 0.661. The van der Waals surface area contributed by atoms with Crippen LogP contribution in [0, 0.1) is 5.92 Å². The van der Waals surface area contributed by atoms with Crippen molar-refractivity contribution in [2.45, 2.75) is 38.0 Å². The Morgan fingerprint density at radius 2 is 2.19 bits per heavy atom. The van der Waals surface area contributed by atoms with Gasteiger partial charge in [0.1, 0.15) is 5.92 Å². The Kier molecular flexibility index (Phi) is 3.47. The van der Waals surface area contributed by atoms with Crippen molar-refractivity contribution < 1.29 is 24.7 Å². The van der Waals surface area contributed by atoms with Gasteiger partial charge in [-0.15, -0.1) is 0 Å². The van der Waals surface area contributed by atoms with Crippen molar-refractivity contribution in [3.8, 4) is 0 Å². The smallest absolute Gasteiger partial charge is 0.315 e. The fraction of sp³-hybridized carbons (Fsp3) is 0.909. The van der Waals surface area contributed by atoms with E-state index in [1.807, 2.05) is 6.92 Å². The van der Waals surface area contributed by atoms with Crippen LogP contribution in [0.25, 0.3) is 0 Å². The molecule has 5 heteroatoms. The lowest BCUT2D eigenvalue weighted by molar-refractivity contribution is -0.443. The summed E-state index contributed by atoms with van der Waals surface area (Å²) < 4.78 is 16.3. The molecule has 1 saturated heterocycles. The molecule has 0 amide bonds. The average Bonchev–Trinajstić information content (AvgIpc) is 2.71. The number of carbonyl (C=O) groups is 1. The Morgan fingerprint density at radius 1 is 1.50 bits per heavy atom. The third kappa shape index (κ3) is 2.21. The second-order valence-corrected chi connectivity index (χ2v) is 4.47. The van der Waals surface area contributed by atoms with E-state index in [9.17, 15) is 4.79 Å². The molecule has 1 heterocycles. The van der Waals surface area contributed by atoms with Crippen LogP contribution in [0.2, 0.25) is 0 Å². The predicted molar refractivity (Wildman–Crippen MR) is 55.3 cm³/mol. The molecule has 1 aliphatic heterocycles. The summed E-state index contributed by atoms with van der Waals surface area (Å²) in [5, 5.41) is 0. The maximum atomic E-state index is 11.8. The first-order valence-electron chi connectivity index (χ1n) is 5.94. The number of carbonyl (C=O) groups excluding carboxylic acids is 1. The average molecular weight is 230 g/mol. The van der Waals surface area contributed by atoms with Crippen molar-refractivity contribution in [3.05, 3.63) is 0 Å². The standard InChI is InChI=1S/C11H19NO4/c1-2-14-10(13)8-7-11(4-3-9(8)12)15-5-6-16-11/h8-9H,2-7,12H2,1H3/p+1/t8-,9+/m1/s1. The van der Waals surface area contributed by atoms with E-state index in [1.165, 1.54) is 0 Å². The van der Waals surface area contributed by atoms with Crippen molar-refractivity contribution in [3.63, 3.8) is 0 Å². The summed E-state index contributed by atoms with van der Waals surface area (Å²) in [7, 11) is 0. The van der Waals surface area contributed by atoms with E-state index in [0.717, 1.165) is 12.8 Å². The van der Waals surface area contributed by atoms with Crippen LogP contribution < -0.4 is 5.73 Å². The third-order valence-corrected chi connectivity index (χ3v) is 3.40. The molecule has 5 nitrogen and oxygen atoms in total. The molecule has 16 heavy (non-hydrogen) atoms. The summed E-state index contributed by atoms with van der Waals surface area (Å²) in [5.41, 5.74) is 4.02. The van der Waals surface area contributed by atoms with E-state index in [0.29, 0.717) is 26.2 Å². The fourth-order valence-corrected chi connectivity index (χ4v) is 2.49. The molecule has 92 valence electrons. The SMILES string of the molecule is CCOC(=O)[C@@H]1CC2(CC[C@@H]1[NH3+])OCCO2. The molecular weight excluding hydrogens is 210 g/mol. The molecule has 2 rings (SSSR count). The van der Waals surface area contributed by atoms with Gasteiger partial charge in [-0.05, 0) is 6.92 Å². The number of rotatable bonds is 2. The lowest BCUT2D eigenvalue weighted by Crippen LogP contribution is -2.68. The van der Waals surface area contributed by atoms with Gasteiger partial charge in [0, 0.05) is 19.3 Å². The Morgan fingerprint density at radius 3 is 2.81 bits per heavy atom. The maximum Gasteiger partial charge on any atom is 0.315 e. The molecule has 2 aliphatic rings. The highest BCUT2D eigenvalue weighted by molar-refractivity contribution is 5.73. The van der Waals surface area contributed by atoms with E-state index in [-0.39, 0.29) is 17.9 Å². The van der Waals surface area contributed by atoms with Crippen LogP contribution in [0.5, 0.6) is 0 Å². The maximum absolute atomic E-state index is 11.8. The van der Waals surface area contributed by atoms with Gasteiger partial charge in [0.05, 0.1) is 25.9 Å². The minimum atomic E-state index is -0.536. The summed E-state index contributed by atoms with van der Waals surface area (Å²) >= 11 is 0. The number of esters is 1. The molecule has 3 N–H and O–H groups in total. The predicted octanol–water partition coefficient (Wildman–Crippen LogP) is -0.297. The highest BCUT2D eigenvalue weighted by atomic mass is 16.7. The summed E-state index contributed by atoms with van der Waals surface area (Å²) in [4.78, 5) is 11.8. The molecular formula is C11H20NO4+. The van der Waals surface area contributed by atoms with E-state index < -0.39 is 5.79 Å². The Labute approximate surface area is 95.2 Å². The highest BCUT2D eigenvalue weighted by Crippen LogP contribution is 2.38. The van der Waals surface area contributed by atoms with Crippen molar-refractivity contribution in [2.24, 2.45) is 5.92 Å². The summed E-state index contributed by atoms with van der Waals surface area (Å²) in [6.07, 6.45) is 2.26. The lowest BCUT2D eigenvalue weighted by atomic mass is 9.81. The van der Waals surface area contributed by atoms with Gasteiger partial charge in [0.15, 0.2) is 5.79 Å². The van der Waals surface area contributed by atoms with Crippen LogP contribution >= 0.6 is 0 Å². The second kappa shape index (κ2) is 4.69. The van der Waals surface area contributed by atoms with Gasteiger partial charge in [0.2, 0.25) is 0 Å². The number of hydrogen-bond acceptors (Lipinski definition) is 4. The van der Waals surface area contributed by atoms with Crippen LogP contribution in [0.1, 0.15) is 26.2 Å².